The van der Waals surface area contributed by atoms with Crippen molar-refractivity contribution < 1.29 is 13.7 Å². The molecule has 1 amide bonds. The molecule has 1 N–H and O–H groups in total. The number of rotatable bonds is 9. The third-order valence-corrected chi connectivity index (χ3v) is 6.49. The lowest BCUT2D eigenvalue weighted by Gasteiger charge is -2.14. The van der Waals surface area contributed by atoms with Gasteiger partial charge in [0.2, 0.25) is 5.91 Å². The van der Waals surface area contributed by atoms with Crippen LogP contribution >= 0.6 is 0 Å². The van der Waals surface area contributed by atoms with E-state index >= 15 is 0 Å². The molecule has 0 bridgehead atoms. The molecule has 4 rings (SSSR count). The smallest absolute Gasteiger partial charge is 0.224 e. The van der Waals surface area contributed by atoms with E-state index in [1.165, 1.54) is 16.7 Å². The zero-order chi connectivity index (χ0) is 24.2. The summed E-state index contributed by atoms with van der Waals surface area (Å²) in [4.78, 5) is 12.5. The summed E-state index contributed by atoms with van der Waals surface area (Å²) < 4.78 is 11.3. The van der Waals surface area contributed by atoms with Crippen molar-refractivity contribution in [2.24, 2.45) is 5.92 Å². The van der Waals surface area contributed by atoms with Crippen LogP contribution in [0.4, 0.5) is 0 Å². The number of aromatic nitrogens is 1. The van der Waals surface area contributed by atoms with E-state index in [0.717, 1.165) is 58.6 Å². The van der Waals surface area contributed by atoms with Crippen LogP contribution in [0.15, 0.2) is 51.4 Å². The fourth-order valence-corrected chi connectivity index (χ4v) is 4.64. The van der Waals surface area contributed by atoms with Crippen molar-refractivity contribution in [3.8, 4) is 11.3 Å². The van der Waals surface area contributed by atoms with Crippen molar-refractivity contribution in [2.45, 2.75) is 60.3 Å². The fourth-order valence-electron chi connectivity index (χ4n) is 4.64. The number of carbonyl (C=O) groups is 1. The summed E-state index contributed by atoms with van der Waals surface area (Å²) >= 11 is 0. The van der Waals surface area contributed by atoms with Gasteiger partial charge in [-0.3, -0.25) is 4.79 Å². The Morgan fingerprint density at radius 2 is 1.88 bits per heavy atom. The van der Waals surface area contributed by atoms with Gasteiger partial charge in [0.15, 0.2) is 0 Å². The standard InChI is InChI=1S/C29H34N2O3/c1-18(14-24-10-8-19(2)13-20(24)3)7-6-12-30-28(32)16-23-9-11-26-25(15-23)17-27(33-26)29-21(4)31-34-22(29)5/h8-11,13,15,17-18H,6-7,12,14,16H2,1-5H3,(H,30,32). The molecule has 0 saturated carbocycles. The van der Waals surface area contributed by atoms with Crippen molar-refractivity contribution in [2.75, 3.05) is 6.54 Å². The van der Waals surface area contributed by atoms with E-state index < -0.39 is 0 Å². The lowest BCUT2D eigenvalue weighted by atomic mass is 9.93. The summed E-state index contributed by atoms with van der Waals surface area (Å²) in [7, 11) is 0. The first-order chi connectivity index (χ1) is 16.3. The Labute approximate surface area is 201 Å². The molecular formula is C29H34N2O3. The van der Waals surface area contributed by atoms with E-state index in [1.807, 2.05) is 38.1 Å². The molecule has 0 saturated heterocycles. The molecule has 34 heavy (non-hydrogen) atoms. The lowest BCUT2D eigenvalue weighted by molar-refractivity contribution is -0.120. The first-order valence-electron chi connectivity index (χ1n) is 12.1. The third kappa shape index (κ3) is 5.58. The average molecular weight is 459 g/mol. The van der Waals surface area contributed by atoms with Crippen molar-refractivity contribution in [1.29, 1.82) is 0 Å². The quantitative estimate of drug-likeness (QED) is 0.286. The minimum Gasteiger partial charge on any atom is -0.456 e. The first kappa shape index (κ1) is 23.8. The minimum absolute atomic E-state index is 0.0517. The highest BCUT2D eigenvalue weighted by Crippen LogP contribution is 2.32. The zero-order valence-corrected chi connectivity index (χ0v) is 20.8. The molecule has 178 valence electrons. The molecule has 4 aromatic rings. The monoisotopic (exact) mass is 458 g/mol. The highest BCUT2D eigenvalue weighted by Gasteiger charge is 2.16. The molecular weight excluding hydrogens is 424 g/mol. The molecule has 2 aromatic heterocycles. The van der Waals surface area contributed by atoms with Gasteiger partial charge in [0.1, 0.15) is 17.1 Å². The van der Waals surface area contributed by atoms with Crippen molar-refractivity contribution in [3.63, 3.8) is 0 Å². The van der Waals surface area contributed by atoms with Crippen molar-refractivity contribution in [1.82, 2.24) is 10.5 Å². The predicted molar refractivity (Wildman–Crippen MR) is 136 cm³/mol. The Hall–Kier alpha value is -3.34. The topological polar surface area (TPSA) is 68.3 Å². The van der Waals surface area contributed by atoms with Gasteiger partial charge in [-0.2, -0.15) is 0 Å². The predicted octanol–water partition coefficient (Wildman–Crippen LogP) is 6.64. The van der Waals surface area contributed by atoms with Gasteiger partial charge in [0.25, 0.3) is 0 Å². The van der Waals surface area contributed by atoms with E-state index in [0.29, 0.717) is 18.9 Å². The van der Waals surface area contributed by atoms with E-state index in [9.17, 15) is 4.79 Å². The molecule has 0 fully saturated rings. The molecule has 1 unspecified atom stereocenters. The maximum Gasteiger partial charge on any atom is 0.224 e. The van der Waals surface area contributed by atoms with E-state index in [-0.39, 0.29) is 5.91 Å². The van der Waals surface area contributed by atoms with Crippen molar-refractivity contribution in [3.05, 3.63) is 76.2 Å². The number of hydrogen-bond acceptors (Lipinski definition) is 4. The molecule has 0 aliphatic rings. The normalized spacial score (nSPS) is 12.3. The number of furan rings is 1. The number of benzene rings is 2. The van der Waals surface area contributed by atoms with Gasteiger partial charge in [-0.15, -0.1) is 0 Å². The Kier molecular flexibility index (Phi) is 7.20. The summed E-state index contributed by atoms with van der Waals surface area (Å²) in [6.45, 7) is 11.1. The van der Waals surface area contributed by atoms with E-state index in [1.54, 1.807) is 0 Å². The van der Waals surface area contributed by atoms with Crippen LogP contribution in [0.5, 0.6) is 0 Å². The van der Waals surface area contributed by atoms with Crippen LogP contribution in [0, 0.1) is 33.6 Å². The Morgan fingerprint density at radius 1 is 1.06 bits per heavy atom. The molecule has 0 aliphatic carbocycles. The molecule has 5 nitrogen and oxygen atoms in total. The first-order valence-corrected chi connectivity index (χ1v) is 12.1. The van der Waals surface area contributed by atoms with Crippen LogP contribution < -0.4 is 5.32 Å². The molecule has 1 atom stereocenters. The SMILES string of the molecule is Cc1ccc(CC(C)CCCNC(=O)Cc2ccc3oc(-c4c(C)noc4C)cc3c2)c(C)c1. The number of aryl methyl sites for hydroxylation is 4. The molecule has 0 aliphatic heterocycles. The van der Waals surface area contributed by atoms with Crippen LogP contribution in [0.25, 0.3) is 22.3 Å². The summed E-state index contributed by atoms with van der Waals surface area (Å²) in [6, 6.07) is 14.6. The number of carbonyl (C=O) groups excluding carboxylic acids is 1. The van der Waals surface area contributed by atoms with Gasteiger partial charge in [-0.25, -0.2) is 0 Å². The number of hydrogen-bond donors (Lipinski definition) is 1. The van der Waals surface area contributed by atoms with E-state index in [4.69, 9.17) is 8.94 Å². The van der Waals surface area contributed by atoms with Gasteiger partial charge < -0.3 is 14.3 Å². The van der Waals surface area contributed by atoms with Gasteiger partial charge >= 0.3 is 0 Å². The third-order valence-electron chi connectivity index (χ3n) is 6.49. The molecule has 5 heteroatoms. The Balaban J connectivity index is 1.26. The molecule has 2 heterocycles. The molecule has 0 radical (unpaired) electrons. The van der Waals surface area contributed by atoms with Gasteiger partial charge in [0, 0.05) is 11.9 Å². The molecule has 2 aromatic carbocycles. The van der Waals surface area contributed by atoms with Crippen LogP contribution in [0.1, 0.15) is 53.5 Å². The second kappa shape index (κ2) is 10.3. The summed E-state index contributed by atoms with van der Waals surface area (Å²) in [5.41, 5.74) is 7.56. The summed E-state index contributed by atoms with van der Waals surface area (Å²) in [5.74, 6) is 2.12. The van der Waals surface area contributed by atoms with E-state index in [2.05, 4.69) is 49.4 Å². The van der Waals surface area contributed by atoms with Crippen LogP contribution in [-0.4, -0.2) is 17.6 Å². The number of fused-ring (bicyclic) bond motifs is 1. The highest BCUT2D eigenvalue weighted by molar-refractivity contribution is 5.86. The number of nitrogens with one attached hydrogen (secondary N) is 1. The maximum atomic E-state index is 12.5. The highest BCUT2D eigenvalue weighted by atomic mass is 16.5. The largest absolute Gasteiger partial charge is 0.456 e. The van der Waals surface area contributed by atoms with Crippen molar-refractivity contribution >= 4 is 16.9 Å². The zero-order valence-electron chi connectivity index (χ0n) is 20.8. The minimum atomic E-state index is 0.0517. The average Bonchev–Trinajstić information content (AvgIpc) is 3.34. The Bertz CT molecular complexity index is 1280. The molecule has 0 spiro atoms. The van der Waals surface area contributed by atoms with Gasteiger partial charge in [-0.05, 0) is 87.8 Å². The number of nitrogens with zero attached hydrogens (tertiary/aromatic N) is 1. The van der Waals surface area contributed by atoms with Crippen LogP contribution in [0.2, 0.25) is 0 Å². The second-order valence-electron chi connectivity index (χ2n) is 9.59. The summed E-state index contributed by atoms with van der Waals surface area (Å²) in [6.07, 6.45) is 3.53. The lowest BCUT2D eigenvalue weighted by Crippen LogP contribution is -2.26. The van der Waals surface area contributed by atoms with Crippen LogP contribution in [-0.2, 0) is 17.6 Å². The van der Waals surface area contributed by atoms with Gasteiger partial charge in [-0.1, -0.05) is 41.9 Å². The van der Waals surface area contributed by atoms with Gasteiger partial charge in [0.05, 0.1) is 17.7 Å². The Morgan fingerprint density at radius 3 is 2.62 bits per heavy atom. The second-order valence-corrected chi connectivity index (χ2v) is 9.59. The summed E-state index contributed by atoms with van der Waals surface area (Å²) in [5, 5.41) is 8.06. The van der Waals surface area contributed by atoms with Crippen LogP contribution in [0.3, 0.4) is 0 Å². The maximum absolute atomic E-state index is 12.5. The fraction of sp³-hybridized carbons (Fsp3) is 0.379. The number of amides is 1.